The molecule has 21 heavy (non-hydrogen) atoms. The summed E-state index contributed by atoms with van der Waals surface area (Å²) >= 11 is 1.58. The third-order valence-electron chi connectivity index (χ3n) is 2.40. The quantitative estimate of drug-likeness (QED) is 0.859. The summed E-state index contributed by atoms with van der Waals surface area (Å²) in [6.45, 7) is 1.37. The van der Waals surface area contributed by atoms with E-state index in [0.717, 1.165) is 21.8 Å². The van der Waals surface area contributed by atoms with Crippen LogP contribution in [0.2, 0.25) is 0 Å². The van der Waals surface area contributed by atoms with Gasteiger partial charge in [-0.2, -0.15) is 8.42 Å². The molecule has 0 fully saturated rings. The molecule has 7 heteroatoms. The summed E-state index contributed by atoms with van der Waals surface area (Å²) < 4.78 is 39.4. The van der Waals surface area contributed by atoms with Crippen LogP contribution >= 0.6 is 11.3 Å². The van der Waals surface area contributed by atoms with E-state index in [0.29, 0.717) is 13.2 Å². The average molecular weight is 326 g/mol. The topological polar surface area (TPSA) is 72.8 Å². The highest BCUT2D eigenvalue weighted by Crippen LogP contribution is 2.35. The van der Waals surface area contributed by atoms with E-state index >= 15 is 0 Å². The van der Waals surface area contributed by atoms with E-state index in [4.69, 9.17) is 14.0 Å². The van der Waals surface area contributed by atoms with Crippen molar-refractivity contribution < 1.29 is 22.4 Å². The molecule has 2 aromatic rings. The first-order valence-electron chi connectivity index (χ1n) is 6.08. The van der Waals surface area contributed by atoms with Crippen LogP contribution in [0.3, 0.4) is 0 Å². The maximum Gasteiger partial charge on any atom is 0.287 e. The minimum absolute atomic E-state index is 0.684. The predicted octanol–water partition coefficient (Wildman–Crippen LogP) is 3.06. The Hall–Kier alpha value is -1.83. The SMILES string of the molecule is O=S(=O)(O)C=Cc1ccccc1.c1cc2c(s1)OCCO2. The Morgan fingerprint density at radius 1 is 1.10 bits per heavy atom. The van der Waals surface area contributed by atoms with Gasteiger partial charge in [0, 0.05) is 0 Å². The molecule has 0 saturated heterocycles. The molecule has 1 N–H and O–H groups in total. The van der Waals surface area contributed by atoms with Crippen molar-refractivity contribution in [1.29, 1.82) is 0 Å². The third kappa shape index (κ3) is 5.58. The average Bonchev–Trinajstić information content (AvgIpc) is 2.95. The van der Waals surface area contributed by atoms with Gasteiger partial charge in [-0.15, -0.1) is 11.3 Å². The minimum Gasteiger partial charge on any atom is -0.485 e. The van der Waals surface area contributed by atoms with Crippen molar-refractivity contribution in [2.24, 2.45) is 0 Å². The maximum absolute atomic E-state index is 10.3. The lowest BCUT2D eigenvalue weighted by atomic mass is 10.2. The fourth-order valence-electron chi connectivity index (χ4n) is 1.51. The summed E-state index contributed by atoms with van der Waals surface area (Å²) in [5, 5.41) is 3.64. The van der Waals surface area contributed by atoms with Crippen molar-refractivity contribution in [3.8, 4) is 10.8 Å². The summed E-state index contributed by atoms with van der Waals surface area (Å²) in [6, 6.07) is 10.8. The predicted molar refractivity (Wildman–Crippen MR) is 82.3 cm³/mol. The first-order valence-corrected chi connectivity index (χ1v) is 8.46. The molecule has 0 spiro atoms. The standard InChI is InChI=1S/C8H8O3S.C6H6O2S/c9-12(10,11)7-6-8-4-2-1-3-5-8;1-4-9-6-5(1)7-2-3-8-6/h1-7H,(H,9,10,11);1,4H,2-3H2. The van der Waals surface area contributed by atoms with Crippen LogP contribution in [-0.2, 0) is 10.1 Å². The fourth-order valence-corrected chi connectivity index (χ4v) is 2.55. The van der Waals surface area contributed by atoms with Gasteiger partial charge in [0.2, 0.25) is 5.06 Å². The lowest BCUT2D eigenvalue weighted by Gasteiger charge is -2.13. The second-order valence-electron chi connectivity index (χ2n) is 4.00. The van der Waals surface area contributed by atoms with Crippen molar-refractivity contribution in [1.82, 2.24) is 0 Å². The maximum atomic E-state index is 10.3. The zero-order valence-corrected chi connectivity index (χ0v) is 12.6. The molecule has 0 atom stereocenters. The van der Waals surface area contributed by atoms with Gasteiger partial charge in [0.05, 0.1) is 5.41 Å². The molecule has 0 aliphatic carbocycles. The van der Waals surface area contributed by atoms with Gasteiger partial charge in [-0.05, 0) is 23.1 Å². The van der Waals surface area contributed by atoms with Gasteiger partial charge in [0.1, 0.15) is 13.2 Å². The van der Waals surface area contributed by atoms with Gasteiger partial charge in [-0.25, -0.2) is 0 Å². The fraction of sp³-hybridized carbons (Fsp3) is 0.143. The summed E-state index contributed by atoms with van der Waals surface area (Å²) in [4.78, 5) is 0. The Labute approximate surface area is 127 Å². The van der Waals surface area contributed by atoms with Crippen molar-refractivity contribution in [2.75, 3.05) is 13.2 Å². The Morgan fingerprint density at radius 2 is 1.81 bits per heavy atom. The molecule has 0 radical (unpaired) electrons. The first-order chi connectivity index (χ1) is 10.0. The molecular formula is C14H14O5S2. The molecule has 1 aliphatic rings. The zero-order chi connectivity index (χ0) is 15.1. The zero-order valence-electron chi connectivity index (χ0n) is 11.0. The second kappa shape index (κ2) is 7.26. The van der Waals surface area contributed by atoms with E-state index in [9.17, 15) is 8.42 Å². The third-order valence-corrected chi connectivity index (χ3v) is 3.69. The number of rotatable bonds is 2. The largest absolute Gasteiger partial charge is 0.485 e. The Morgan fingerprint density at radius 3 is 2.48 bits per heavy atom. The summed E-state index contributed by atoms with van der Waals surface area (Å²) in [5.74, 6) is 0.895. The molecule has 1 aromatic carbocycles. The van der Waals surface area contributed by atoms with Crippen LogP contribution in [0.1, 0.15) is 5.56 Å². The molecule has 5 nitrogen and oxygen atoms in total. The second-order valence-corrected chi connectivity index (χ2v) is 6.18. The van der Waals surface area contributed by atoms with E-state index in [2.05, 4.69) is 0 Å². The van der Waals surface area contributed by atoms with E-state index in [1.54, 1.807) is 35.6 Å². The van der Waals surface area contributed by atoms with Crippen LogP contribution in [0.4, 0.5) is 0 Å². The van der Waals surface area contributed by atoms with Gasteiger partial charge in [0.25, 0.3) is 10.1 Å². The van der Waals surface area contributed by atoms with Gasteiger partial charge >= 0.3 is 0 Å². The van der Waals surface area contributed by atoms with E-state index in [1.165, 1.54) is 6.08 Å². The number of thiophene rings is 1. The highest BCUT2D eigenvalue weighted by Gasteiger charge is 2.10. The van der Waals surface area contributed by atoms with E-state index in [1.807, 2.05) is 17.5 Å². The van der Waals surface area contributed by atoms with Crippen LogP contribution in [0.25, 0.3) is 6.08 Å². The number of hydrogen-bond acceptors (Lipinski definition) is 5. The van der Waals surface area contributed by atoms with Crippen LogP contribution < -0.4 is 9.47 Å². The van der Waals surface area contributed by atoms with Gasteiger partial charge in [-0.1, -0.05) is 30.3 Å². The van der Waals surface area contributed by atoms with Crippen molar-refractivity contribution in [3.63, 3.8) is 0 Å². The van der Waals surface area contributed by atoms with Gasteiger partial charge in [-0.3, -0.25) is 4.55 Å². The molecule has 1 aromatic heterocycles. The van der Waals surface area contributed by atoms with Crippen LogP contribution in [0.5, 0.6) is 10.8 Å². The van der Waals surface area contributed by atoms with Crippen molar-refractivity contribution >= 4 is 27.5 Å². The summed E-state index contributed by atoms with van der Waals surface area (Å²) in [5.41, 5.74) is 0.732. The molecule has 0 bridgehead atoms. The molecule has 3 rings (SSSR count). The smallest absolute Gasteiger partial charge is 0.287 e. The molecular weight excluding hydrogens is 312 g/mol. The normalized spacial score (nSPS) is 13.6. The van der Waals surface area contributed by atoms with Crippen LogP contribution in [-0.4, -0.2) is 26.2 Å². The van der Waals surface area contributed by atoms with Gasteiger partial charge < -0.3 is 9.47 Å². The van der Waals surface area contributed by atoms with E-state index in [-0.39, 0.29) is 0 Å². The van der Waals surface area contributed by atoms with E-state index < -0.39 is 10.1 Å². The lowest BCUT2D eigenvalue weighted by Crippen LogP contribution is -2.13. The lowest BCUT2D eigenvalue weighted by molar-refractivity contribution is 0.178. The molecule has 0 amide bonds. The molecule has 1 aliphatic heterocycles. The van der Waals surface area contributed by atoms with Crippen LogP contribution in [0, 0.1) is 0 Å². The molecule has 112 valence electrons. The Kier molecular flexibility index (Phi) is 5.38. The molecule has 0 unspecified atom stereocenters. The number of ether oxygens (including phenoxy) is 2. The first kappa shape index (κ1) is 15.6. The van der Waals surface area contributed by atoms with Crippen LogP contribution in [0.15, 0.2) is 47.2 Å². The summed E-state index contributed by atoms with van der Waals surface area (Å²) in [7, 11) is -4.00. The molecule has 0 saturated carbocycles. The summed E-state index contributed by atoms with van der Waals surface area (Å²) in [6.07, 6.45) is 1.33. The molecule has 2 heterocycles. The van der Waals surface area contributed by atoms with Crippen molar-refractivity contribution in [3.05, 3.63) is 52.7 Å². The number of fused-ring (bicyclic) bond motifs is 1. The van der Waals surface area contributed by atoms with Crippen molar-refractivity contribution in [2.45, 2.75) is 0 Å². The minimum atomic E-state index is -4.00. The van der Waals surface area contributed by atoms with Gasteiger partial charge in [0.15, 0.2) is 5.75 Å². The highest BCUT2D eigenvalue weighted by molar-refractivity contribution is 7.88. The monoisotopic (exact) mass is 326 g/mol. The Balaban J connectivity index is 0.000000159. The Bertz CT molecular complexity index is 669. The number of benzene rings is 1. The highest BCUT2D eigenvalue weighted by atomic mass is 32.2. The number of hydrogen-bond donors (Lipinski definition) is 1.